The Labute approximate surface area is 116 Å². The maximum atomic E-state index is 12.7. The Bertz CT molecular complexity index is 569. The minimum atomic E-state index is -0.362. The van der Waals surface area contributed by atoms with E-state index in [1.54, 1.807) is 12.3 Å². The van der Waals surface area contributed by atoms with E-state index in [0.29, 0.717) is 24.5 Å². The molecular weight excluding hydrogens is 259 g/mol. The topological polar surface area (TPSA) is 80.0 Å². The van der Waals surface area contributed by atoms with Crippen molar-refractivity contribution in [1.29, 1.82) is 0 Å². The first-order valence-corrected chi connectivity index (χ1v) is 6.14. The molecule has 1 heterocycles. The predicted octanol–water partition coefficient (Wildman–Crippen LogP) is 1.64. The lowest BCUT2D eigenvalue weighted by molar-refractivity contribution is 0.0955. The van der Waals surface area contributed by atoms with Crippen molar-refractivity contribution in [1.82, 2.24) is 10.3 Å². The molecule has 5 nitrogen and oxygen atoms in total. The lowest BCUT2D eigenvalue weighted by Gasteiger charge is -2.08. The van der Waals surface area contributed by atoms with Gasteiger partial charge in [0.2, 0.25) is 0 Å². The van der Waals surface area contributed by atoms with Gasteiger partial charge in [0, 0.05) is 18.7 Å². The number of amides is 1. The average Bonchev–Trinajstić information content (AvgIpc) is 2.46. The van der Waals surface area contributed by atoms with E-state index < -0.39 is 0 Å². The lowest BCUT2D eigenvalue weighted by atomic mass is 10.2. The van der Waals surface area contributed by atoms with E-state index in [2.05, 4.69) is 15.6 Å². The molecule has 0 aliphatic heterocycles. The second-order valence-corrected chi connectivity index (χ2v) is 4.16. The number of nitrogens with one attached hydrogen (secondary N) is 2. The summed E-state index contributed by atoms with van der Waals surface area (Å²) in [4.78, 5) is 15.7. The molecular formula is C14H15FN4O. The molecule has 0 aliphatic rings. The molecule has 1 amide bonds. The molecule has 1 aromatic heterocycles. The van der Waals surface area contributed by atoms with Gasteiger partial charge in [0.25, 0.3) is 5.91 Å². The van der Waals surface area contributed by atoms with Crippen LogP contribution in [0.2, 0.25) is 0 Å². The predicted molar refractivity (Wildman–Crippen MR) is 75.9 cm³/mol. The van der Waals surface area contributed by atoms with Crippen LogP contribution in [0.3, 0.4) is 0 Å². The zero-order valence-corrected chi connectivity index (χ0v) is 10.8. The quantitative estimate of drug-likeness (QED) is 0.724. The van der Waals surface area contributed by atoms with Gasteiger partial charge in [-0.2, -0.15) is 0 Å². The molecule has 6 heteroatoms. The normalized spacial score (nSPS) is 10.1. The van der Waals surface area contributed by atoms with Crippen molar-refractivity contribution in [3.05, 3.63) is 54.0 Å². The third kappa shape index (κ3) is 3.94. The van der Waals surface area contributed by atoms with E-state index in [9.17, 15) is 9.18 Å². The van der Waals surface area contributed by atoms with Crippen LogP contribution in [0.5, 0.6) is 0 Å². The van der Waals surface area contributed by atoms with Crippen LogP contribution in [-0.4, -0.2) is 24.0 Å². The van der Waals surface area contributed by atoms with Gasteiger partial charge in [-0.05, 0) is 36.4 Å². The van der Waals surface area contributed by atoms with Crippen LogP contribution in [0.15, 0.2) is 42.6 Å². The fraction of sp³-hybridized carbons (Fsp3) is 0.143. The van der Waals surface area contributed by atoms with Gasteiger partial charge < -0.3 is 16.4 Å². The standard InChI is InChI=1S/C14H15FN4O/c15-11-3-1-10(2-4-11)14(20)18-8-7-17-12-5-6-13(16)19-9-12/h1-6,9,17H,7-8H2,(H2,16,19)(H,18,20). The summed E-state index contributed by atoms with van der Waals surface area (Å²) in [6.07, 6.45) is 1.62. The Kier molecular flexibility index (Phi) is 4.49. The number of nitrogens with two attached hydrogens (primary N) is 1. The highest BCUT2D eigenvalue weighted by Crippen LogP contribution is 2.06. The minimum absolute atomic E-state index is 0.234. The van der Waals surface area contributed by atoms with Gasteiger partial charge in [-0.15, -0.1) is 0 Å². The van der Waals surface area contributed by atoms with E-state index in [0.717, 1.165) is 5.69 Å². The van der Waals surface area contributed by atoms with Gasteiger partial charge in [0.05, 0.1) is 11.9 Å². The van der Waals surface area contributed by atoms with Crippen molar-refractivity contribution < 1.29 is 9.18 Å². The Balaban J connectivity index is 1.74. The van der Waals surface area contributed by atoms with Gasteiger partial charge in [-0.3, -0.25) is 4.79 Å². The van der Waals surface area contributed by atoms with E-state index in [-0.39, 0.29) is 11.7 Å². The average molecular weight is 274 g/mol. The number of anilines is 2. The maximum absolute atomic E-state index is 12.7. The van der Waals surface area contributed by atoms with E-state index in [4.69, 9.17) is 5.73 Å². The van der Waals surface area contributed by atoms with Crippen LogP contribution >= 0.6 is 0 Å². The van der Waals surface area contributed by atoms with Crippen molar-refractivity contribution >= 4 is 17.4 Å². The number of benzene rings is 1. The molecule has 1 aromatic carbocycles. The third-order valence-corrected chi connectivity index (χ3v) is 2.63. The minimum Gasteiger partial charge on any atom is -0.384 e. The smallest absolute Gasteiger partial charge is 0.251 e. The number of rotatable bonds is 5. The van der Waals surface area contributed by atoms with Crippen molar-refractivity contribution in [2.45, 2.75) is 0 Å². The zero-order valence-electron chi connectivity index (χ0n) is 10.8. The third-order valence-electron chi connectivity index (χ3n) is 2.63. The van der Waals surface area contributed by atoms with Crippen LogP contribution in [0.25, 0.3) is 0 Å². The first kappa shape index (κ1) is 13.8. The Morgan fingerprint density at radius 1 is 1.15 bits per heavy atom. The molecule has 0 atom stereocenters. The molecule has 2 rings (SSSR count). The van der Waals surface area contributed by atoms with Crippen LogP contribution in [0.1, 0.15) is 10.4 Å². The maximum Gasteiger partial charge on any atom is 0.251 e. The van der Waals surface area contributed by atoms with Crippen LogP contribution in [0.4, 0.5) is 15.9 Å². The largest absolute Gasteiger partial charge is 0.384 e. The molecule has 0 unspecified atom stereocenters. The van der Waals surface area contributed by atoms with Crippen molar-refractivity contribution in [3.8, 4) is 0 Å². The van der Waals surface area contributed by atoms with Gasteiger partial charge in [-0.25, -0.2) is 9.37 Å². The SMILES string of the molecule is Nc1ccc(NCCNC(=O)c2ccc(F)cc2)cn1. The number of pyridine rings is 1. The van der Waals surface area contributed by atoms with Crippen LogP contribution in [-0.2, 0) is 0 Å². The number of carbonyl (C=O) groups excluding carboxylic acids is 1. The molecule has 0 aliphatic carbocycles. The number of halogens is 1. The molecule has 0 radical (unpaired) electrons. The molecule has 2 aromatic rings. The summed E-state index contributed by atoms with van der Waals surface area (Å²) in [6, 6.07) is 8.91. The zero-order chi connectivity index (χ0) is 14.4. The number of nitrogens with zero attached hydrogens (tertiary/aromatic N) is 1. The first-order valence-electron chi connectivity index (χ1n) is 6.14. The van der Waals surface area contributed by atoms with Crippen molar-refractivity contribution in [3.63, 3.8) is 0 Å². The number of hydrogen-bond acceptors (Lipinski definition) is 4. The molecule has 0 fully saturated rings. The van der Waals surface area contributed by atoms with E-state index >= 15 is 0 Å². The Hall–Kier alpha value is -2.63. The molecule has 20 heavy (non-hydrogen) atoms. The first-order chi connectivity index (χ1) is 9.65. The number of hydrogen-bond donors (Lipinski definition) is 3. The van der Waals surface area contributed by atoms with Gasteiger partial charge in [0.15, 0.2) is 0 Å². The van der Waals surface area contributed by atoms with Crippen molar-refractivity contribution in [2.24, 2.45) is 0 Å². The molecule has 0 spiro atoms. The molecule has 0 bridgehead atoms. The number of aromatic nitrogens is 1. The summed E-state index contributed by atoms with van der Waals surface area (Å²) in [5, 5.41) is 5.83. The summed E-state index contributed by atoms with van der Waals surface area (Å²) in [6.45, 7) is 0.999. The summed E-state index contributed by atoms with van der Waals surface area (Å²) in [5.41, 5.74) is 6.73. The summed E-state index contributed by atoms with van der Waals surface area (Å²) in [5.74, 6) is -0.138. The fourth-order valence-corrected chi connectivity index (χ4v) is 1.60. The lowest BCUT2D eigenvalue weighted by Crippen LogP contribution is -2.28. The molecule has 104 valence electrons. The summed E-state index contributed by atoms with van der Waals surface area (Å²) in [7, 11) is 0. The number of carbonyl (C=O) groups is 1. The molecule has 0 saturated heterocycles. The van der Waals surface area contributed by atoms with Gasteiger partial charge in [-0.1, -0.05) is 0 Å². The summed E-state index contributed by atoms with van der Waals surface area (Å²) >= 11 is 0. The van der Waals surface area contributed by atoms with E-state index in [1.807, 2.05) is 6.07 Å². The second-order valence-electron chi connectivity index (χ2n) is 4.16. The van der Waals surface area contributed by atoms with E-state index in [1.165, 1.54) is 24.3 Å². The Morgan fingerprint density at radius 3 is 2.55 bits per heavy atom. The number of nitrogen functional groups attached to an aromatic ring is 1. The highest BCUT2D eigenvalue weighted by atomic mass is 19.1. The summed E-state index contributed by atoms with van der Waals surface area (Å²) < 4.78 is 12.7. The van der Waals surface area contributed by atoms with Gasteiger partial charge in [0.1, 0.15) is 11.6 Å². The van der Waals surface area contributed by atoms with Crippen molar-refractivity contribution in [2.75, 3.05) is 24.1 Å². The highest BCUT2D eigenvalue weighted by Gasteiger charge is 2.04. The van der Waals surface area contributed by atoms with Crippen LogP contribution < -0.4 is 16.4 Å². The fourth-order valence-electron chi connectivity index (χ4n) is 1.60. The van der Waals surface area contributed by atoms with Crippen LogP contribution in [0, 0.1) is 5.82 Å². The highest BCUT2D eigenvalue weighted by molar-refractivity contribution is 5.94. The molecule has 0 saturated carbocycles. The van der Waals surface area contributed by atoms with Gasteiger partial charge >= 0.3 is 0 Å². The Morgan fingerprint density at radius 2 is 1.90 bits per heavy atom. The second kappa shape index (κ2) is 6.51. The monoisotopic (exact) mass is 274 g/mol. The molecule has 4 N–H and O–H groups in total.